The number of nitrogens with zero attached hydrogens (tertiary/aromatic N) is 2. The normalized spacial score (nSPS) is 19.2. The maximum absolute atomic E-state index is 12.8. The Labute approximate surface area is 172 Å². The van der Waals surface area contributed by atoms with Crippen molar-refractivity contribution in [1.29, 1.82) is 0 Å². The quantitative estimate of drug-likeness (QED) is 0.723. The summed E-state index contributed by atoms with van der Waals surface area (Å²) >= 11 is 0. The number of imide groups is 1. The third-order valence-corrected chi connectivity index (χ3v) is 5.23. The van der Waals surface area contributed by atoms with Gasteiger partial charge in [-0.3, -0.25) is 14.5 Å². The number of fused-ring (bicyclic) bond motifs is 1. The van der Waals surface area contributed by atoms with Crippen LogP contribution in [0.4, 0.5) is 4.79 Å². The summed E-state index contributed by atoms with van der Waals surface area (Å²) in [5.41, 5.74) is 0.557. The van der Waals surface area contributed by atoms with Crippen LogP contribution in [0.1, 0.15) is 40.1 Å². The van der Waals surface area contributed by atoms with Crippen molar-refractivity contribution in [3.05, 3.63) is 71.3 Å². The lowest BCUT2D eigenvalue weighted by Gasteiger charge is -2.51. The number of carbonyl (C=O) groups excluding carboxylic acids is 4. The van der Waals surface area contributed by atoms with Crippen molar-refractivity contribution < 1.29 is 28.8 Å². The first-order valence-corrected chi connectivity index (χ1v) is 9.46. The lowest BCUT2D eigenvalue weighted by Crippen LogP contribution is -2.68. The van der Waals surface area contributed by atoms with Crippen LogP contribution < -0.4 is 0 Å². The standard InChI is InChI=1S/C22H20N2O6/c1-22(2)13-23(21(28)29-12-14-8-4-3-5-9-14)17(22)20(27)30-24-18(25)15-10-6-7-11-16(15)19(24)26/h3-11,17H,12-13H2,1-2H3. The molecule has 2 aliphatic rings. The molecule has 1 atom stereocenters. The zero-order chi connectivity index (χ0) is 21.5. The van der Waals surface area contributed by atoms with Gasteiger partial charge in [-0.15, -0.1) is 0 Å². The molecule has 1 fully saturated rings. The van der Waals surface area contributed by atoms with Crippen molar-refractivity contribution in [3.63, 3.8) is 0 Å². The summed E-state index contributed by atoms with van der Waals surface area (Å²) in [4.78, 5) is 56.6. The smallest absolute Gasteiger partial charge is 0.410 e. The summed E-state index contributed by atoms with van der Waals surface area (Å²) in [5.74, 6) is -2.28. The van der Waals surface area contributed by atoms with Gasteiger partial charge in [0.05, 0.1) is 11.1 Å². The zero-order valence-corrected chi connectivity index (χ0v) is 16.5. The van der Waals surface area contributed by atoms with Crippen molar-refractivity contribution >= 4 is 23.9 Å². The topological polar surface area (TPSA) is 93.2 Å². The second-order valence-electron chi connectivity index (χ2n) is 7.92. The first kappa shape index (κ1) is 19.6. The Morgan fingerprint density at radius 1 is 0.967 bits per heavy atom. The molecule has 154 valence electrons. The number of hydrogen-bond donors (Lipinski definition) is 0. The van der Waals surface area contributed by atoms with Crippen LogP contribution in [0.3, 0.4) is 0 Å². The largest absolute Gasteiger partial charge is 0.445 e. The molecule has 8 nitrogen and oxygen atoms in total. The molecule has 0 spiro atoms. The van der Waals surface area contributed by atoms with Gasteiger partial charge in [0, 0.05) is 12.0 Å². The van der Waals surface area contributed by atoms with E-state index in [4.69, 9.17) is 9.57 Å². The van der Waals surface area contributed by atoms with Gasteiger partial charge in [-0.25, -0.2) is 9.59 Å². The maximum atomic E-state index is 12.8. The second-order valence-corrected chi connectivity index (χ2v) is 7.92. The molecule has 0 N–H and O–H groups in total. The minimum absolute atomic E-state index is 0.0662. The minimum Gasteiger partial charge on any atom is -0.445 e. The lowest BCUT2D eigenvalue weighted by molar-refractivity contribution is -0.188. The van der Waals surface area contributed by atoms with Crippen LogP contribution in [0.15, 0.2) is 54.6 Å². The third kappa shape index (κ3) is 3.30. The van der Waals surface area contributed by atoms with Gasteiger partial charge < -0.3 is 9.57 Å². The fourth-order valence-electron chi connectivity index (χ4n) is 3.73. The summed E-state index contributed by atoms with van der Waals surface area (Å²) in [6.07, 6.45) is -0.664. The molecule has 0 aromatic heterocycles. The predicted octanol–water partition coefficient (Wildman–Crippen LogP) is 2.79. The van der Waals surface area contributed by atoms with E-state index in [1.165, 1.54) is 17.0 Å². The predicted molar refractivity (Wildman–Crippen MR) is 104 cm³/mol. The molecule has 2 aliphatic heterocycles. The van der Waals surface area contributed by atoms with E-state index in [0.717, 1.165) is 5.56 Å². The van der Waals surface area contributed by atoms with E-state index in [1.54, 1.807) is 26.0 Å². The van der Waals surface area contributed by atoms with Gasteiger partial charge >= 0.3 is 12.1 Å². The van der Waals surface area contributed by atoms with E-state index < -0.39 is 35.3 Å². The number of benzene rings is 2. The van der Waals surface area contributed by atoms with Gasteiger partial charge in [0.15, 0.2) is 0 Å². The molecule has 0 radical (unpaired) electrons. The minimum atomic E-state index is -0.981. The van der Waals surface area contributed by atoms with Crippen LogP contribution in [0.2, 0.25) is 0 Å². The number of amides is 3. The van der Waals surface area contributed by atoms with Crippen LogP contribution in [-0.4, -0.2) is 46.4 Å². The summed E-state index contributed by atoms with van der Waals surface area (Å²) in [6, 6.07) is 14.4. The van der Waals surface area contributed by atoms with Crippen molar-refractivity contribution in [2.45, 2.75) is 26.5 Å². The van der Waals surface area contributed by atoms with Gasteiger partial charge in [0.2, 0.25) is 0 Å². The van der Waals surface area contributed by atoms with Gasteiger partial charge in [0.25, 0.3) is 11.8 Å². The van der Waals surface area contributed by atoms with Crippen molar-refractivity contribution in [3.8, 4) is 0 Å². The monoisotopic (exact) mass is 408 g/mol. The average Bonchev–Trinajstić information content (AvgIpc) is 2.96. The first-order valence-electron chi connectivity index (χ1n) is 9.46. The summed E-state index contributed by atoms with van der Waals surface area (Å²) in [6.45, 7) is 3.93. The summed E-state index contributed by atoms with van der Waals surface area (Å²) in [7, 11) is 0. The SMILES string of the molecule is CC1(C)CN(C(=O)OCc2ccccc2)C1C(=O)ON1C(=O)c2ccccc2C1=O. The zero-order valence-electron chi connectivity index (χ0n) is 16.5. The van der Waals surface area contributed by atoms with Crippen molar-refractivity contribution in [1.82, 2.24) is 9.96 Å². The Bertz CT molecular complexity index is 998. The molecule has 4 rings (SSSR count). The maximum Gasteiger partial charge on any atom is 0.410 e. The Balaban J connectivity index is 1.44. The Kier molecular flexibility index (Phi) is 4.77. The molecule has 2 heterocycles. The van der Waals surface area contributed by atoms with E-state index in [-0.39, 0.29) is 24.3 Å². The molecule has 30 heavy (non-hydrogen) atoms. The van der Waals surface area contributed by atoms with E-state index in [0.29, 0.717) is 5.06 Å². The molecule has 8 heteroatoms. The van der Waals surface area contributed by atoms with Crippen LogP contribution >= 0.6 is 0 Å². The van der Waals surface area contributed by atoms with Gasteiger partial charge in [-0.2, -0.15) is 0 Å². The Morgan fingerprint density at radius 3 is 2.10 bits per heavy atom. The van der Waals surface area contributed by atoms with Gasteiger partial charge in [0.1, 0.15) is 12.6 Å². The molecule has 0 aliphatic carbocycles. The number of carbonyl (C=O) groups is 4. The number of rotatable bonds is 4. The molecular weight excluding hydrogens is 388 g/mol. The number of hydrogen-bond acceptors (Lipinski definition) is 6. The molecule has 2 aromatic rings. The van der Waals surface area contributed by atoms with E-state index in [2.05, 4.69) is 0 Å². The summed E-state index contributed by atoms with van der Waals surface area (Å²) < 4.78 is 5.30. The number of ether oxygens (including phenoxy) is 1. The highest BCUT2D eigenvalue weighted by molar-refractivity contribution is 6.21. The molecule has 2 aromatic carbocycles. The Hall–Kier alpha value is -3.68. The fraction of sp³-hybridized carbons (Fsp3) is 0.273. The highest BCUT2D eigenvalue weighted by atomic mass is 16.7. The van der Waals surface area contributed by atoms with Gasteiger partial charge in [-0.1, -0.05) is 61.4 Å². The van der Waals surface area contributed by atoms with Crippen LogP contribution in [0, 0.1) is 5.41 Å². The first-order chi connectivity index (χ1) is 14.3. The molecule has 1 saturated heterocycles. The third-order valence-electron chi connectivity index (χ3n) is 5.23. The molecule has 1 unspecified atom stereocenters. The molecular formula is C22H20N2O6. The molecule has 3 amide bonds. The van der Waals surface area contributed by atoms with E-state index in [9.17, 15) is 19.2 Å². The number of hydroxylamine groups is 2. The van der Waals surface area contributed by atoms with E-state index in [1.807, 2.05) is 30.3 Å². The Morgan fingerprint density at radius 2 is 1.53 bits per heavy atom. The van der Waals surface area contributed by atoms with E-state index >= 15 is 0 Å². The van der Waals surface area contributed by atoms with Crippen molar-refractivity contribution in [2.75, 3.05) is 6.54 Å². The summed E-state index contributed by atoms with van der Waals surface area (Å²) in [5, 5.41) is 0.453. The van der Waals surface area contributed by atoms with Crippen LogP contribution in [0.25, 0.3) is 0 Å². The van der Waals surface area contributed by atoms with Crippen molar-refractivity contribution in [2.24, 2.45) is 5.41 Å². The van der Waals surface area contributed by atoms with Gasteiger partial charge in [-0.05, 0) is 17.7 Å². The van der Waals surface area contributed by atoms with Crippen LogP contribution in [-0.2, 0) is 21.0 Å². The highest BCUT2D eigenvalue weighted by Gasteiger charge is 2.55. The lowest BCUT2D eigenvalue weighted by atomic mass is 9.75. The average molecular weight is 408 g/mol. The second kappa shape index (κ2) is 7.29. The fourth-order valence-corrected chi connectivity index (χ4v) is 3.73. The van der Waals surface area contributed by atoms with Crippen LogP contribution in [0.5, 0.6) is 0 Å². The molecule has 0 bridgehead atoms. The molecule has 0 saturated carbocycles. The highest BCUT2D eigenvalue weighted by Crippen LogP contribution is 2.39. The number of likely N-dealkylation sites (tertiary alicyclic amines) is 1.